The van der Waals surface area contributed by atoms with Crippen molar-refractivity contribution in [1.82, 2.24) is 9.97 Å². The number of hydrogen-bond acceptors (Lipinski definition) is 4. The maximum atomic E-state index is 12.2. The molecule has 22 heavy (non-hydrogen) atoms. The van der Waals surface area contributed by atoms with Crippen molar-refractivity contribution in [2.75, 3.05) is 17.2 Å². The van der Waals surface area contributed by atoms with E-state index in [0.717, 1.165) is 35.1 Å². The van der Waals surface area contributed by atoms with Gasteiger partial charge in [0.25, 0.3) is 5.91 Å². The Bertz CT molecular complexity index is 643. The number of rotatable bonds is 6. The maximum absolute atomic E-state index is 12.2. The minimum Gasteiger partial charge on any atom is -0.354 e. The molecule has 1 amide bonds. The molecule has 116 valence electrons. The first-order chi connectivity index (χ1) is 10.6. The molecule has 2 rings (SSSR count). The average Bonchev–Trinajstić information content (AvgIpc) is 2.52. The number of benzene rings is 1. The van der Waals surface area contributed by atoms with Crippen LogP contribution >= 0.6 is 15.9 Å². The fourth-order valence-corrected chi connectivity index (χ4v) is 2.17. The molecule has 0 spiro atoms. The van der Waals surface area contributed by atoms with Crippen molar-refractivity contribution in [3.05, 3.63) is 46.2 Å². The summed E-state index contributed by atoms with van der Waals surface area (Å²) in [7, 11) is 0. The normalized spacial score (nSPS) is 10.3. The molecule has 5 nitrogen and oxygen atoms in total. The van der Waals surface area contributed by atoms with Crippen molar-refractivity contribution in [3.63, 3.8) is 0 Å². The molecule has 0 aliphatic heterocycles. The predicted molar refractivity (Wildman–Crippen MR) is 92.3 cm³/mol. The van der Waals surface area contributed by atoms with Gasteiger partial charge in [0.2, 0.25) is 5.95 Å². The summed E-state index contributed by atoms with van der Waals surface area (Å²) in [5.41, 5.74) is 2.27. The molecule has 0 saturated heterocycles. The number of nitrogens with one attached hydrogen (secondary N) is 2. The second-order valence-corrected chi connectivity index (χ2v) is 5.85. The van der Waals surface area contributed by atoms with Crippen LogP contribution in [0.2, 0.25) is 0 Å². The number of aryl methyl sites for hydroxylation is 1. The third-order valence-electron chi connectivity index (χ3n) is 3.16. The number of unbranched alkanes of at least 4 members (excludes halogenated alkanes) is 1. The molecule has 6 heteroatoms. The van der Waals surface area contributed by atoms with Crippen LogP contribution in [0.3, 0.4) is 0 Å². The van der Waals surface area contributed by atoms with Gasteiger partial charge in [-0.3, -0.25) is 4.79 Å². The van der Waals surface area contributed by atoms with Gasteiger partial charge in [-0.2, -0.15) is 0 Å². The fourth-order valence-electron chi connectivity index (χ4n) is 1.79. The molecule has 0 aliphatic rings. The van der Waals surface area contributed by atoms with Crippen molar-refractivity contribution in [2.24, 2.45) is 0 Å². The van der Waals surface area contributed by atoms with Crippen LogP contribution < -0.4 is 10.6 Å². The lowest BCUT2D eigenvalue weighted by molar-refractivity contribution is 0.102. The van der Waals surface area contributed by atoms with E-state index in [1.165, 1.54) is 12.4 Å². The molecule has 0 unspecified atom stereocenters. The monoisotopic (exact) mass is 362 g/mol. The van der Waals surface area contributed by atoms with Crippen LogP contribution in [0.25, 0.3) is 0 Å². The van der Waals surface area contributed by atoms with Crippen LogP contribution in [0.4, 0.5) is 11.6 Å². The Morgan fingerprint density at radius 3 is 2.64 bits per heavy atom. The van der Waals surface area contributed by atoms with Gasteiger partial charge in [-0.25, -0.2) is 9.97 Å². The largest absolute Gasteiger partial charge is 0.354 e. The summed E-state index contributed by atoms with van der Waals surface area (Å²) >= 11 is 3.45. The molecule has 0 fully saturated rings. The molecule has 0 radical (unpaired) electrons. The molecule has 1 aromatic carbocycles. The number of halogens is 1. The zero-order chi connectivity index (χ0) is 15.9. The van der Waals surface area contributed by atoms with Gasteiger partial charge in [-0.15, -0.1) is 0 Å². The molecule has 0 aliphatic carbocycles. The Labute approximate surface area is 138 Å². The lowest BCUT2D eigenvalue weighted by Crippen LogP contribution is -2.13. The van der Waals surface area contributed by atoms with E-state index in [-0.39, 0.29) is 5.91 Å². The zero-order valence-corrected chi connectivity index (χ0v) is 14.3. The fraction of sp³-hybridized carbons (Fsp3) is 0.312. The summed E-state index contributed by atoms with van der Waals surface area (Å²) in [6.45, 7) is 4.95. The summed E-state index contributed by atoms with van der Waals surface area (Å²) < 4.78 is 0.956. The van der Waals surface area contributed by atoms with Crippen LogP contribution in [-0.4, -0.2) is 22.4 Å². The molecule has 2 aromatic rings. The number of carbonyl (C=O) groups is 1. The summed E-state index contributed by atoms with van der Waals surface area (Å²) in [6.07, 6.45) is 5.23. The Hall–Kier alpha value is -1.95. The summed E-state index contributed by atoms with van der Waals surface area (Å²) in [6, 6.07) is 5.67. The number of amides is 1. The van der Waals surface area contributed by atoms with Gasteiger partial charge in [-0.05, 0) is 31.0 Å². The van der Waals surface area contributed by atoms with E-state index in [0.29, 0.717) is 11.5 Å². The first kappa shape index (κ1) is 16.4. The molecule has 0 saturated carbocycles. The average molecular weight is 363 g/mol. The van der Waals surface area contributed by atoms with Crippen molar-refractivity contribution < 1.29 is 4.79 Å². The number of anilines is 2. The number of nitrogens with zero attached hydrogens (tertiary/aromatic N) is 2. The highest BCUT2D eigenvalue weighted by atomic mass is 79.9. The van der Waals surface area contributed by atoms with Gasteiger partial charge in [0.1, 0.15) is 0 Å². The van der Waals surface area contributed by atoms with E-state index < -0.39 is 0 Å². The van der Waals surface area contributed by atoms with Crippen LogP contribution in [0.1, 0.15) is 35.7 Å². The van der Waals surface area contributed by atoms with Gasteiger partial charge in [0.15, 0.2) is 0 Å². The zero-order valence-electron chi connectivity index (χ0n) is 12.7. The van der Waals surface area contributed by atoms with Gasteiger partial charge in [0.05, 0.1) is 5.56 Å². The molecule has 0 bridgehead atoms. The Balaban J connectivity index is 1.98. The Kier molecular flexibility index (Phi) is 5.89. The second-order valence-electron chi connectivity index (χ2n) is 4.99. The van der Waals surface area contributed by atoms with Crippen LogP contribution in [0.15, 0.2) is 35.1 Å². The van der Waals surface area contributed by atoms with E-state index >= 15 is 0 Å². The number of carbonyl (C=O) groups excluding carboxylic acids is 1. The number of aromatic nitrogens is 2. The maximum Gasteiger partial charge on any atom is 0.258 e. The highest BCUT2D eigenvalue weighted by molar-refractivity contribution is 9.10. The molecular weight excluding hydrogens is 344 g/mol. The third-order valence-corrected chi connectivity index (χ3v) is 4.01. The van der Waals surface area contributed by atoms with Crippen molar-refractivity contribution in [3.8, 4) is 0 Å². The minimum atomic E-state index is -0.226. The van der Waals surface area contributed by atoms with Gasteiger partial charge in [-0.1, -0.05) is 35.3 Å². The minimum absolute atomic E-state index is 0.226. The smallest absolute Gasteiger partial charge is 0.258 e. The van der Waals surface area contributed by atoms with E-state index in [2.05, 4.69) is 43.5 Å². The lowest BCUT2D eigenvalue weighted by atomic mass is 10.2. The molecule has 1 aromatic heterocycles. The lowest BCUT2D eigenvalue weighted by Gasteiger charge is -2.07. The first-order valence-corrected chi connectivity index (χ1v) is 8.03. The Morgan fingerprint density at radius 1 is 1.27 bits per heavy atom. The first-order valence-electron chi connectivity index (χ1n) is 7.23. The number of hydrogen-bond donors (Lipinski definition) is 2. The van der Waals surface area contributed by atoms with Gasteiger partial charge in [0, 0.05) is 29.1 Å². The summed E-state index contributed by atoms with van der Waals surface area (Å²) in [4.78, 5) is 20.5. The molecular formula is C16H19BrN4O. The SMILES string of the molecule is CCCCNc1ncc(C(=O)Nc2ccc(C)c(Br)c2)cn1. The molecule has 0 atom stereocenters. The van der Waals surface area contributed by atoms with E-state index in [1.807, 2.05) is 25.1 Å². The Morgan fingerprint density at radius 2 is 2.00 bits per heavy atom. The van der Waals surface area contributed by atoms with Crippen molar-refractivity contribution in [1.29, 1.82) is 0 Å². The highest BCUT2D eigenvalue weighted by Crippen LogP contribution is 2.21. The molecule has 1 heterocycles. The van der Waals surface area contributed by atoms with Crippen LogP contribution in [-0.2, 0) is 0 Å². The van der Waals surface area contributed by atoms with Crippen molar-refractivity contribution in [2.45, 2.75) is 26.7 Å². The van der Waals surface area contributed by atoms with Gasteiger partial charge >= 0.3 is 0 Å². The topological polar surface area (TPSA) is 66.9 Å². The van der Waals surface area contributed by atoms with Gasteiger partial charge < -0.3 is 10.6 Å². The predicted octanol–water partition coefficient (Wildman–Crippen LogP) is 4.01. The molecule has 2 N–H and O–H groups in total. The van der Waals surface area contributed by atoms with Crippen LogP contribution in [0, 0.1) is 6.92 Å². The third kappa shape index (κ3) is 4.53. The van der Waals surface area contributed by atoms with E-state index in [9.17, 15) is 4.79 Å². The van der Waals surface area contributed by atoms with Crippen LogP contribution in [0.5, 0.6) is 0 Å². The van der Waals surface area contributed by atoms with Crippen molar-refractivity contribution >= 4 is 33.5 Å². The quantitative estimate of drug-likeness (QED) is 0.761. The summed E-state index contributed by atoms with van der Waals surface area (Å²) in [5, 5.41) is 5.94. The summed E-state index contributed by atoms with van der Waals surface area (Å²) in [5.74, 6) is 0.318. The van der Waals surface area contributed by atoms with E-state index in [4.69, 9.17) is 0 Å². The second kappa shape index (κ2) is 7.89. The highest BCUT2D eigenvalue weighted by Gasteiger charge is 2.08. The van der Waals surface area contributed by atoms with E-state index in [1.54, 1.807) is 0 Å². The standard InChI is InChI=1S/C16H19BrN4O/c1-3-4-7-18-16-19-9-12(10-20-16)15(22)21-13-6-5-11(2)14(17)8-13/h5-6,8-10H,3-4,7H2,1-2H3,(H,21,22)(H,18,19,20).